The van der Waals surface area contributed by atoms with Crippen molar-refractivity contribution < 1.29 is 14.4 Å². The summed E-state index contributed by atoms with van der Waals surface area (Å²) in [5.41, 5.74) is 1.48. The second kappa shape index (κ2) is 9.63. The first kappa shape index (κ1) is 22.3. The van der Waals surface area contributed by atoms with Crippen LogP contribution >= 0.6 is 0 Å². The summed E-state index contributed by atoms with van der Waals surface area (Å²) in [6.45, 7) is 9.93. The van der Waals surface area contributed by atoms with E-state index in [-0.39, 0.29) is 23.8 Å². The Balaban J connectivity index is 1.68. The zero-order valence-corrected chi connectivity index (χ0v) is 18.7. The van der Waals surface area contributed by atoms with E-state index in [0.29, 0.717) is 51.2 Å². The molecule has 1 aromatic rings. The van der Waals surface area contributed by atoms with Gasteiger partial charge in [-0.05, 0) is 24.3 Å². The highest BCUT2D eigenvalue weighted by Crippen LogP contribution is 2.39. The van der Waals surface area contributed by atoms with Crippen molar-refractivity contribution in [3.05, 3.63) is 35.9 Å². The van der Waals surface area contributed by atoms with Gasteiger partial charge in [0.25, 0.3) is 0 Å². The molecule has 6 nitrogen and oxygen atoms in total. The van der Waals surface area contributed by atoms with Crippen LogP contribution in [0.15, 0.2) is 35.5 Å². The number of carbonyl (C=O) groups excluding carboxylic acids is 2. The molecule has 0 aliphatic carbocycles. The van der Waals surface area contributed by atoms with Crippen molar-refractivity contribution >= 4 is 17.5 Å². The van der Waals surface area contributed by atoms with Gasteiger partial charge in [-0.1, -0.05) is 63.2 Å². The van der Waals surface area contributed by atoms with Crippen LogP contribution in [0.4, 0.5) is 0 Å². The number of nitrogens with one attached hydrogen (secondary N) is 1. The Kier molecular flexibility index (Phi) is 7.16. The number of amides is 2. The van der Waals surface area contributed by atoms with Gasteiger partial charge in [0.05, 0.1) is 11.1 Å². The third-order valence-electron chi connectivity index (χ3n) is 6.14. The number of benzene rings is 1. The Morgan fingerprint density at radius 2 is 1.83 bits per heavy atom. The molecule has 164 valence electrons. The molecule has 2 amide bonds. The maximum atomic E-state index is 13.3. The molecule has 1 N–H and O–H groups in total. The Hall–Kier alpha value is -2.37. The molecule has 1 fully saturated rings. The first-order valence-electron chi connectivity index (χ1n) is 11.2. The second-order valence-electron chi connectivity index (χ2n) is 9.40. The fourth-order valence-electron chi connectivity index (χ4n) is 4.30. The fourth-order valence-corrected chi connectivity index (χ4v) is 4.30. The molecule has 2 aliphatic rings. The minimum absolute atomic E-state index is 0.0211. The summed E-state index contributed by atoms with van der Waals surface area (Å²) in [6.07, 6.45) is 2.54. The summed E-state index contributed by atoms with van der Waals surface area (Å²) in [7, 11) is 0. The molecule has 3 rings (SSSR count). The van der Waals surface area contributed by atoms with Crippen molar-refractivity contribution in [2.45, 2.75) is 59.5 Å². The third-order valence-corrected chi connectivity index (χ3v) is 6.14. The summed E-state index contributed by atoms with van der Waals surface area (Å²) in [4.78, 5) is 33.4. The van der Waals surface area contributed by atoms with E-state index in [0.717, 1.165) is 11.3 Å². The summed E-state index contributed by atoms with van der Waals surface area (Å²) < 4.78 is 0. The lowest BCUT2D eigenvalue weighted by Crippen LogP contribution is -2.52. The fraction of sp³-hybridized carbons (Fsp3) is 0.625. The zero-order valence-electron chi connectivity index (χ0n) is 18.7. The van der Waals surface area contributed by atoms with Gasteiger partial charge >= 0.3 is 0 Å². The SMILES string of the molecule is CC(C)CNC(=O)C1(CC2CC(c3ccccc3)=NO2)CCN(C(=O)C(C)C)CC1. The number of hydrogen-bond acceptors (Lipinski definition) is 4. The Bertz CT molecular complexity index is 765. The van der Waals surface area contributed by atoms with Gasteiger partial charge in [-0.15, -0.1) is 0 Å². The molecule has 0 aromatic heterocycles. The summed E-state index contributed by atoms with van der Waals surface area (Å²) in [5, 5.41) is 7.45. The summed E-state index contributed by atoms with van der Waals surface area (Å²) in [5.74, 6) is 0.624. The predicted octanol–water partition coefficient (Wildman–Crippen LogP) is 3.61. The van der Waals surface area contributed by atoms with Crippen molar-refractivity contribution in [1.82, 2.24) is 10.2 Å². The summed E-state index contributed by atoms with van der Waals surface area (Å²) >= 11 is 0. The summed E-state index contributed by atoms with van der Waals surface area (Å²) in [6, 6.07) is 10.0. The molecule has 0 bridgehead atoms. The van der Waals surface area contributed by atoms with Gasteiger partial charge in [0.15, 0.2) is 0 Å². The predicted molar refractivity (Wildman–Crippen MR) is 118 cm³/mol. The molecule has 1 saturated heterocycles. The van der Waals surface area contributed by atoms with Gasteiger partial charge in [-0.25, -0.2) is 0 Å². The van der Waals surface area contributed by atoms with Crippen molar-refractivity contribution in [2.75, 3.05) is 19.6 Å². The Morgan fingerprint density at radius 1 is 1.17 bits per heavy atom. The molecule has 0 radical (unpaired) electrons. The zero-order chi connectivity index (χ0) is 21.7. The molecule has 2 heterocycles. The molecular formula is C24H35N3O3. The lowest BCUT2D eigenvalue weighted by atomic mass is 9.72. The van der Waals surface area contributed by atoms with E-state index in [9.17, 15) is 9.59 Å². The number of oxime groups is 1. The van der Waals surface area contributed by atoms with Crippen LogP contribution < -0.4 is 5.32 Å². The van der Waals surface area contributed by atoms with E-state index in [1.54, 1.807) is 0 Å². The molecule has 2 aliphatic heterocycles. The highest BCUT2D eigenvalue weighted by atomic mass is 16.6. The monoisotopic (exact) mass is 413 g/mol. The Morgan fingerprint density at radius 3 is 2.43 bits per heavy atom. The topological polar surface area (TPSA) is 71.0 Å². The van der Waals surface area contributed by atoms with Gasteiger partial charge < -0.3 is 15.1 Å². The molecule has 30 heavy (non-hydrogen) atoms. The van der Waals surface area contributed by atoms with Gasteiger partial charge in [0.2, 0.25) is 11.8 Å². The van der Waals surface area contributed by atoms with Crippen molar-refractivity contribution in [1.29, 1.82) is 0 Å². The van der Waals surface area contributed by atoms with Gasteiger partial charge in [-0.3, -0.25) is 9.59 Å². The lowest BCUT2D eigenvalue weighted by molar-refractivity contribution is -0.144. The Labute approximate surface area is 180 Å². The van der Waals surface area contributed by atoms with E-state index >= 15 is 0 Å². The van der Waals surface area contributed by atoms with Crippen LogP contribution in [0.5, 0.6) is 0 Å². The highest BCUT2D eigenvalue weighted by Gasteiger charge is 2.45. The minimum atomic E-state index is -0.519. The van der Waals surface area contributed by atoms with Crippen LogP contribution in [0.2, 0.25) is 0 Å². The third kappa shape index (κ3) is 5.21. The minimum Gasteiger partial charge on any atom is -0.392 e. The molecule has 0 spiro atoms. The first-order chi connectivity index (χ1) is 14.3. The van der Waals surface area contributed by atoms with Gasteiger partial charge in [0.1, 0.15) is 6.10 Å². The van der Waals surface area contributed by atoms with Crippen molar-refractivity contribution in [3.63, 3.8) is 0 Å². The standard InChI is InChI=1S/C24H35N3O3/c1-17(2)16-25-23(29)24(10-12-27(13-11-24)22(28)18(3)4)15-20-14-21(26-30-20)19-8-6-5-7-9-19/h5-9,17-18,20H,10-16H2,1-4H3,(H,25,29). The number of carbonyl (C=O) groups is 2. The van der Waals surface area contributed by atoms with Crippen LogP contribution in [0.25, 0.3) is 0 Å². The van der Waals surface area contributed by atoms with E-state index in [1.165, 1.54) is 0 Å². The van der Waals surface area contributed by atoms with E-state index in [4.69, 9.17) is 4.84 Å². The number of nitrogens with zero attached hydrogens (tertiary/aromatic N) is 2. The largest absolute Gasteiger partial charge is 0.392 e. The molecule has 6 heteroatoms. The molecule has 0 saturated carbocycles. The number of piperidine rings is 1. The maximum Gasteiger partial charge on any atom is 0.226 e. The quantitative estimate of drug-likeness (QED) is 0.742. The van der Waals surface area contributed by atoms with E-state index in [1.807, 2.05) is 49.1 Å². The van der Waals surface area contributed by atoms with Crippen molar-refractivity contribution in [3.8, 4) is 0 Å². The highest BCUT2D eigenvalue weighted by molar-refractivity contribution is 6.01. The molecule has 1 atom stereocenters. The number of hydrogen-bond donors (Lipinski definition) is 1. The van der Waals surface area contributed by atoms with E-state index < -0.39 is 5.41 Å². The molecule has 1 aromatic carbocycles. The van der Waals surface area contributed by atoms with Crippen LogP contribution in [0, 0.1) is 17.3 Å². The first-order valence-corrected chi connectivity index (χ1v) is 11.2. The van der Waals surface area contributed by atoms with Gasteiger partial charge in [-0.2, -0.15) is 0 Å². The second-order valence-corrected chi connectivity index (χ2v) is 9.40. The number of rotatable bonds is 7. The molecule has 1 unspecified atom stereocenters. The molecular weight excluding hydrogens is 378 g/mol. The van der Waals surface area contributed by atoms with Crippen LogP contribution in [-0.2, 0) is 14.4 Å². The van der Waals surface area contributed by atoms with Crippen molar-refractivity contribution in [2.24, 2.45) is 22.4 Å². The van der Waals surface area contributed by atoms with Crippen LogP contribution in [0.1, 0.15) is 58.9 Å². The lowest BCUT2D eigenvalue weighted by Gasteiger charge is -2.42. The van der Waals surface area contributed by atoms with Gasteiger partial charge in [0, 0.05) is 38.4 Å². The normalized spacial score (nSPS) is 20.8. The average Bonchev–Trinajstić information content (AvgIpc) is 3.20. The number of likely N-dealkylation sites (tertiary alicyclic amines) is 1. The maximum absolute atomic E-state index is 13.3. The average molecular weight is 414 g/mol. The van der Waals surface area contributed by atoms with Crippen LogP contribution in [0.3, 0.4) is 0 Å². The van der Waals surface area contributed by atoms with Crippen LogP contribution in [-0.4, -0.2) is 48.2 Å². The smallest absolute Gasteiger partial charge is 0.226 e. The van der Waals surface area contributed by atoms with E-state index in [2.05, 4.69) is 24.3 Å².